The largest absolute Gasteiger partial charge is 0.301 e. The second kappa shape index (κ2) is 9.45. The van der Waals surface area contributed by atoms with Gasteiger partial charge in [0.05, 0.1) is 17.1 Å². The highest BCUT2D eigenvalue weighted by Gasteiger charge is 2.29. The van der Waals surface area contributed by atoms with Crippen LogP contribution in [0.15, 0.2) is 58.8 Å². The van der Waals surface area contributed by atoms with E-state index in [4.69, 9.17) is 0 Å². The van der Waals surface area contributed by atoms with Crippen molar-refractivity contribution >= 4 is 32.4 Å². The molecule has 0 spiro atoms. The molecule has 1 aliphatic heterocycles. The number of piperazine rings is 1. The standard InChI is InChI=1S/C22H23FN4O3S2/c1-16-5-7-17(8-6-16)20-15-31-22(24-20)25-21(28)14-26-9-11-27(12-10-26)32(29,30)19-4-2-3-18(23)13-19/h2-8,13,15H,9-12,14H2,1H3,(H,24,25,28). The van der Waals surface area contributed by atoms with Crippen LogP contribution < -0.4 is 5.32 Å². The third kappa shape index (κ3) is 5.21. The number of hydrogen-bond acceptors (Lipinski definition) is 6. The first-order valence-electron chi connectivity index (χ1n) is 10.1. The van der Waals surface area contributed by atoms with E-state index in [1.54, 1.807) is 0 Å². The van der Waals surface area contributed by atoms with E-state index in [0.717, 1.165) is 17.3 Å². The number of nitrogens with one attached hydrogen (secondary N) is 1. The maximum Gasteiger partial charge on any atom is 0.243 e. The van der Waals surface area contributed by atoms with Crippen molar-refractivity contribution in [2.24, 2.45) is 0 Å². The Bertz CT molecular complexity index is 1200. The van der Waals surface area contributed by atoms with Gasteiger partial charge in [-0.15, -0.1) is 11.3 Å². The molecule has 0 radical (unpaired) electrons. The number of carbonyl (C=O) groups excluding carboxylic acids is 1. The summed E-state index contributed by atoms with van der Waals surface area (Å²) in [6.45, 7) is 3.46. The Labute approximate surface area is 190 Å². The molecule has 7 nitrogen and oxygen atoms in total. The van der Waals surface area contributed by atoms with Gasteiger partial charge in [0.25, 0.3) is 0 Å². The predicted octanol–water partition coefficient (Wildman–Crippen LogP) is 3.20. The van der Waals surface area contributed by atoms with Crippen LogP contribution >= 0.6 is 11.3 Å². The van der Waals surface area contributed by atoms with E-state index < -0.39 is 15.8 Å². The fourth-order valence-electron chi connectivity index (χ4n) is 3.45. The summed E-state index contributed by atoms with van der Waals surface area (Å²) < 4.78 is 40.2. The summed E-state index contributed by atoms with van der Waals surface area (Å²) in [6, 6.07) is 13.0. The summed E-state index contributed by atoms with van der Waals surface area (Å²) in [5, 5.41) is 5.24. The van der Waals surface area contributed by atoms with Crippen LogP contribution in [-0.2, 0) is 14.8 Å². The lowest BCUT2D eigenvalue weighted by molar-refractivity contribution is -0.117. The number of rotatable bonds is 6. The Kier molecular flexibility index (Phi) is 6.66. The van der Waals surface area contributed by atoms with E-state index in [2.05, 4.69) is 10.3 Å². The lowest BCUT2D eigenvalue weighted by Crippen LogP contribution is -2.50. The Hall–Kier alpha value is -2.66. The molecule has 0 saturated carbocycles. The van der Waals surface area contributed by atoms with Crippen molar-refractivity contribution in [1.29, 1.82) is 0 Å². The minimum absolute atomic E-state index is 0.0585. The molecule has 0 atom stereocenters. The zero-order chi connectivity index (χ0) is 22.7. The Balaban J connectivity index is 1.30. The molecule has 2 aromatic carbocycles. The zero-order valence-corrected chi connectivity index (χ0v) is 19.1. The number of anilines is 1. The molecule has 0 aliphatic carbocycles. The van der Waals surface area contributed by atoms with E-state index in [9.17, 15) is 17.6 Å². The van der Waals surface area contributed by atoms with Crippen LogP contribution in [0.1, 0.15) is 5.56 Å². The third-order valence-corrected chi connectivity index (χ3v) is 7.88. The van der Waals surface area contributed by atoms with Crippen molar-refractivity contribution in [2.75, 3.05) is 38.0 Å². The molecule has 1 fully saturated rings. The van der Waals surface area contributed by atoms with Gasteiger partial charge < -0.3 is 5.32 Å². The van der Waals surface area contributed by atoms with Gasteiger partial charge in [0.2, 0.25) is 15.9 Å². The predicted molar refractivity (Wildman–Crippen MR) is 123 cm³/mol. The number of halogens is 1. The molecule has 1 aliphatic rings. The first-order valence-corrected chi connectivity index (χ1v) is 12.4. The highest BCUT2D eigenvalue weighted by Crippen LogP contribution is 2.25. The summed E-state index contributed by atoms with van der Waals surface area (Å²) in [7, 11) is -3.75. The number of nitrogens with zero attached hydrogens (tertiary/aromatic N) is 3. The van der Waals surface area contributed by atoms with Gasteiger partial charge in [-0.05, 0) is 25.1 Å². The molecule has 4 rings (SSSR count). The molecule has 1 saturated heterocycles. The van der Waals surface area contributed by atoms with Crippen LogP contribution in [-0.4, -0.2) is 61.2 Å². The molecule has 10 heteroatoms. The summed E-state index contributed by atoms with van der Waals surface area (Å²) in [6.07, 6.45) is 0. The second-order valence-electron chi connectivity index (χ2n) is 7.59. The van der Waals surface area contributed by atoms with Gasteiger partial charge in [-0.2, -0.15) is 4.31 Å². The van der Waals surface area contributed by atoms with E-state index >= 15 is 0 Å². The maximum atomic E-state index is 13.4. The van der Waals surface area contributed by atoms with Crippen molar-refractivity contribution in [3.05, 3.63) is 65.3 Å². The quantitative estimate of drug-likeness (QED) is 0.593. The fraction of sp³-hybridized carbons (Fsp3) is 0.273. The van der Waals surface area contributed by atoms with Crippen LogP contribution in [0.5, 0.6) is 0 Å². The van der Waals surface area contributed by atoms with E-state index in [1.807, 2.05) is 41.5 Å². The smallest absolute Gasteiger partial charge is 0.243 e. The summed E-state index contributed by atoms with van der Waals surface area (Å²) in [5.41, 5.74) is 2.96. The number of aryl methyl sites for hydroxylation is 1. The minimum atomic E-state index is -3.75. The number of aromatic nitrogens is 1. The summed E-state index contributed by atoms with van der Waals surface area (Å²) >= 11 is 1.36. The second-order valence-corrected chi connectivity index (χ2v) is 10.4. The van der Waals surface area contributed by atoms with E-state index in [0.29, 0.717) is 18.2 Å². The lowest BCUT2D eigenvalue weighted by Gasteiger charge is -2.33. The van der Waals surface area contributed by atoms with Gasteiger partial charge in [0.15, 0.2) is 5.13 Å². The zero-order valence-electron chi connectivity index (χ0n) is 17.5. The number of thiazole rings is 1. The van der Waals surface area contributed by atoms with Crippen LogP contribution in [0, 0.1) is 12.7 Å². The molecule has 1 aromatic heterocycles. The van der Waals surface area contributed by atoms with Gasteiger partial charge in [0.1, 0.15) is 5.82 Å². The SMILES string of the molecule is Cc1ccc(-c2csc(NC(=O)CN3CCN(S(=O)(=O)c4cccc(F)c4)CC3)n2)cc1. The molecule has 0 unspecified atom stereocenters. The Morgan fingerprint density at radius 3 is 2.53 bits per heavy atom. The fourth-order valence-corrected chi connectivity index (χ4v) is 5.64. The lowest BCUT2D eigenvalue weighted by atomic mass is 10.1. The van der Waals surface area contributed by atoms with Crippen LogP contribution in [0.2, 0.25) is 0 Å². The van der Waals surface area contributed by atoms with Crippen molar-refractivity contribution in [1.82, 2.24) is 14.2 Å². The summed E-state index contributed by atoms with van der Waals surface area (Å²) in [4.78, 5) is 18.8. The molecule has 0 bridgehead atoms. The molecule has 2 heterocycles. The number of carbonyl (C=O) groups is 1. The van der Waals surface area contributed by atoms with E-state index in [-0.39, 0.29) is 30.4 Å². The minimum Gasteiger partial charge on any atom is -0.301 e. The molecule has 32 heavy (non-hydrogen) atoms. The third-order valence-electron chi connectivity index (χ3n) is 5.23. The highest BCUT2D eigenvalue weighted by atomic mass is 32.2. The Morgan fingerprint density at radius 2 is 1.84 bits per heavy atom. The van der Waals surface area contributed by atoms with Gasteiger partial charge in [-0.1, -0.05) is 35.9 Å². The number of amides is 1. The van der Waals surface area contributed by atoms with Gasteiger partial charge in [-0.3, -0.25) is 9.69 Å². The van der Waals surface area contributed by atoms with Gasteiger partial charge in [-0.25, -0.2) is 17.8 Å². The van der Waals surface area contributed by atoms with E-state index in [1.165, 1.54) is 39.4 Å². The number of benzene rings is 2. The van der Waals surface area contributed by atoms with Crippen LogP contribution in [0.25, 0.3) is 11.3 Å². The Morgan fingerprint density at radius 1 is 1.12 bits per heavy atom. The van der Waals surface area contributed by atoms with Crippen molar-refractivity contribution in [3.63, 3.8) is 0 Å². The number of hydrogen-bond donors (Lipinski definition) is 1. The van der Waals surface area contributed by atoms with Crippen LogP contribution in [0.3, 0.4) is 0 Å². The average molecular weight is 475 g/mol. The molecule has 1 N–H and O–H groups in total. The molecular formula is C22H23FN4O3S2. The van der Waals surface area contributed by atoms with Gasteiger partial charge in [0, 0.05) is 37.1 Å². The molecule has 1 amide bonds. The normalized spacial score (nSPS) is 15.6. The van der Waals surface area contributed by atoms with Crippen molar-refractivity contribution in [2.45, 2.75) is 11.8 Å². The average Bonchev–Trinajstić information content (AvgIpc) is 3.23. The first kappa shape index (κ1) is 22.5. The number of sulfonamides is 1. The maximum absolute atomic E-state index is 13.4. The van der Waals surface area contributed by atoms with Gasteiger partial charge >= 0.3 is 0 Å². The molecular weight excluding hydrogens is 451 g/mol. The molecule has 168 valence electrons. The van der Waals surface area contributed by atoms with Crippen LogP contribution in [0.4, 0.5) is 9.52 Å². The monoisotopic (exact) mass is 474 g/mol. The van der Waals surface area contributed by atoms with Crippen molar-refractivity contribution in [3.8, 4) is 11.3 Å². The highest BCUT2D eigenvalue weighted by molar-refractivity contribution is 7.89. The summed E-state index contributed by atoms with van der Waals surface area (Å²) in [5.74, 6) is -0.787. The first-order chi connectivity index (χ1) is 15.3. The topological polar surface area (TPSA) is 82.6 Å². The molecule has 3 aromatic rings. The van der Waals surface area contributed by atoms with Crippen molar-refractivity contribution < 1.29 is 17.6 Å².